The molecule has 0 heterocycles. The van der Waals surface area contributed by atoms with Crippen LogP contribution in [0.15, 0.2) is 24.3 Å². The van der Waals surface area contributed by atoms with E-state index < -0.39 is 0 Å². The molecular weight excluding hydrogens is 232 g/mol. The van der Waals surface area contributed by atoms with Gasteiger partial charge in [-0.1, -0.05) is 38.1 Å². The first-order valence-electron chi connectivity index (χ1n) is 7.80. The second kappa shape index (κ2) is 7.66. The van der Waals surface area contributed by atoms with Gasteiger partial charge in [-0.25, -0.2) is 0 Å². The van der Waals surface area contributed by atoms with E-state index in [2.05, 4.69) is 48.7 Å². The molecule has 1 fully saturated rings. The van der Waals surface area contributed by atoms with E-state index in [9.17, 15) is 0 Å². The van der Waals surface area contributed by atoms with Crippen LogP contribution in [0.5, 0.6) is 0 Å². The van der Waals surface area contributed by atoms with Gasteiger partial charge in [-0.05, 0) is 49.3 Å². The molecule has 2 nitrogen and oxygen atoms in total. The lowest BCUT2D eigenvalue weighted by Crippen LogP contribution is -2.32. The Labute approximate surface area is 118 Å². The molecule has 1 aliphatic rings. The van der Waals surface area contributed by atoms with Gasteiger partial charge in [-0.2, -0.15) is 0 Å². The second-order valence-electron chi connectivity index (χ2n) is 5.93. The van der Waals surface area contributed by atoms with Gasteiger partial charge in [-0.15, -0.1) is 0 Å². The molecule has 0 aromatic heterocycles. The average Bonchev–Trinajstić information content (AvgIpc) is 2.46. The van der Waals surface area contributed by atoms with Crippen molar-refractivity contribution < 1.29 is 0 Å². The zero-order chi connectivity index (χ0) is 13.5. The molecule has 1 aromatic carbocycles. The first kappa shape index (κ1) is 14.5. The Hall–Kier alpha value is -0.860. The molecule has 0 saturated heterocycles. The van der Waals surface area contributed by atoms with E-state index in [1.165, 1.54) is 36.8 Å². The molecule has 19 heavy (non-hydrogen) atoms. The van der Waals surface area contributed by atoms with Crippen LogP contribution in [-0.4, -0.2) is 12.6 Å². The summed E-state index contributed by atoms with van der Waals surface area (Å²) >= 11 is 0. The number of nitrogens with one attached hydrogen (secondary N) is 2. The Bertz CT molecular complexity index is 350. The van der Waals surface area contributed by atoms with Gasteiger partial charge in [0.15, 0.2) is 0 Å². The normalized spacial score (nSPS) is 23.5. The monoisotopic (exact) mass is 260 g/mol. The van der Waals surface area contributed by atoms with Crippen LogP contribution >= 0.6 is 0 Å². The van der Waals surface area contributed by atoms with Gasteiger partial charge in [-0.3, -0.25) is 0 Å². The highest BCUT2D eigenvalue weighted by Crippen LogP contribution is 2.23. The molecule has 0 aliphatic heterocycles. The van der Waals surface area contributed by atoms with Crippen molar-refractivity contribution in [2.75, 3.05) is 6.54 Å². The van der Waals surface area contributed by atoms with Crippen molar-refractivity contribution in [3.63, 3.8) is 0 Å². The van der Waals surface area contributed by atoms with Crippen LogP contribution in [0.1, 0.15) is 50.7 Å². The second-order valence-corrected chi connectivity index (χ2v) is 5.93. The van der Waals surface area contributed by atoms with E-state index in [4.69, 9.17) is 0 Å². The van der Waals surface area contributed by atoms with Crippen molar-refractivity contribution in [2.24, 2.45) is 5.92 Å². The lowest BCUT2D eigenvalue weighted by Gasteiger charge is -2.27. The molecule has 1 aliphatic carbocycles. The van der Waals surface area contributed by atoms with E-state index in [0.717, 1.165) is 31.6 Å². The van der Waals surface area contributed by atoms with Crippen molar-refractivity contribution in [1.29, 1.82) is 0 Å². The third-order valence-corrected chi connectivity index (χ3v) is 4.21. The van der Waals surface area contributed by atoms with E-state index in [0.29, 0.717) is 0 Å². The Kier molecular flexibility index (Phi) is 5.87. The average molecular weight is 260 g/mol. The summed E-state index contributed by atoms with van der Waals surface area (Å²) in [6.07, 6.45) is 5.47. The maximum atomic E-state index is 3.71. The van der Waals surface area contributed by atoms with Crippen LogP contribution in [0.25, 0.3) is 0 Å². The minimum absolute atomic E-state index is 0.734. The summed E-state index contributed by atoms with van der Waals surface area (Å²) < 4.78 is 0. The minimum atomic E-state index is 0.734. The Morgan fingerprint density at radius 2 is 1.53 bits per heavy atom. The quantitative estimate of drug-likeness (QED) is 0.818. The van der Waals surface area contributed by atoms with E-state index in [1.807, 2.05) is 0 Å². The smallest absolute Gasteiger partial charge is 0.0208 e. The van der Waals surface area contributed by atoms with Crippen molar-refractivity contribution in [3.8, 4) is 0 Å². The van der Waals surface area contributed by atoms with Gasteiger partial charge in [0.1, 0.15) is 0 Å². The largest absolute Gasteiger partial charge is 0.313 e. The molecule has 1 aromatic rings. The van der Waals surface area contributed by atoms with Gasteiger partial charge in [0.2, 0.25) is 0 Å². The minimum Gasteiger partial charge on any atom is -0.313 e. The molecule has 0 bridgehead atoms. The van der Waals surface area contributed by atoms with Gasteiger partial charge >= 0.3 is 0 Å². The molecular formula is C17H28N2. The summed E-state index contributed by atoms with van der Waals surface area (Å²) in [4.78, 5) is 0. The van der Waals surface area contributed by atoms with E-state index in [1.54, 1.807) is 0 Å². The summed E-state index contributed by atoms with van der Waals surface area (Å²) in [6, 6.07) is 9.72. The first-order valence-corrected chi connectivity index (χ1v) is 7.80. The SMILES string of the molecule is CCNCc1ccc(CNC2CCC(C)CC2)cc1. The third-order valence-electron chi connectivity index (χ3n) is 4.21. The lowest BCUT2D eigenvalue weighted by atomic mass is 9.87. The van der Waals surface area contributed by atoms with Gasteiger partial charge in [0.25, 0.3) is 0 Å². The maximum Gasteiger partial charge on any atom is 0.0208 e. The molecule has 106 valence electrons. The van der Waals surface area contributed by atoms with Gasteiger partial charge < -0.3 is 10.6 Å². The summed E-state index contributed by atoms with van der Waals surface area (Å²) in [5, 5.41) is 7.06. The zero-order valence-corrected chi connectivity index (χ0v) is 12.4. The Morgan fingerprint density at radius 1 is 0.947 bits per heavy atom. The third kappa shape index (κ3) is 4.96. The Morgan fingerprint density at radius 3 is 2.11 bits per heavy atom. The van der Waals surface area contributed by atoms with Crippen LogP contribution < -0.4 is 10.6 Å². The first-order chi connectivity index (χ1) is 9.28. The summed E-state index contributed by atoms with van der Waals surface area (Å²) in [5.41, 5.74) is 2.77. The van der Waals surface area contributed by atoms with Crippen LogP contribution in [0.2, 0.25) is 0 Å². The number of hydrogen-bond donors (Lipinski definition) is 2. The molecule has 0 radical (unpaired) electrons. The highest BCUT2D eigenvalue weighted by Gasteiger charge is 2.17. The predicted molar refractivity (Wildman–Crippen MR) is 82.1 cm³/mol. The van der Waals surface area contributed by atoms with Gasteiger partial charge in [0, 0.05) is 19.1 Å². The molecule has 1 saturated carbocycles. The van der Waals surface area contributed by atoms with Crippen molar-refractivity contribution in [1.82, 2.24) is 10.6 Å². The van der Waals surface area contributed by atoms with Crippen molar-refractivity contribution in [2.45, 2.75) is 58.7 Å². The van der Waals surface area contributed by atoms with E-state index >= 15 is 0 Å². The van der Waals surface area contributed by atoms with Crippen LogP contribution in [0, 0.1) is 5.92 Å². The summed E-state index contributed by atoms with van der Waals surface area (Å²) in [6.45, 7) is 7.54. The highest BCUT2D eigenvalue weighted by atomic mass is 14.9. The highest BCUT2D eigenvalue weighted by molar-refractivity contribution is 5.22. The molecule has 2 rings (SSSR count). The van der Waals surface area contributed by atoms with Crippen LogP contribution in [0.4, 0.5) is 0 Å². The summed E-state index contributed by atoms with van der Waals surface area (Å²) in [7, 11) is 0. The van der Waals surface area contributed by atoms with E-state index in [-0.39, 0.29) is 0 Å². The van der Waals surface area contributed by atoms with Crippen LogP contribution in [0.3, 0.4) is 0 Å². The molecule has 2 heteroatoms. The fourth-order valence-electron chi connectivity index (χ4n) is 2.77. The number of hydrogen-bond acceptors (Lipinski definition) is 2. The zero-order valence-electron chi connectivity index (χ0n) is 12.4. The molecule has 0 unspecified atom stereocenters. The van der Waals surface area contributed by atoms with Crippen molar-refractivity contribution >= 4 is 0 Å². The van der Waals surface area contributed by atoms with Crippen molar-refractivity contribution in [3.05, 3.63) is 35.4 Å². The fraction of sp³-hybridized carbons (Fsp3) is 0.647. The number of benzene rings is 1. The topological polar surface area (TPSA) is 24.1 Å². The molecule has 2 N–H and O–H groups in total. The fourth-order valence-corrected chi connectivity index (χ4v) is 2.77. The summed E-state index contributed by atoms with van der Waals surface area (Å²) in [5.74, 6) is 0.934. The Balaban J connectivity index is 1.73. The molecule has 0 amide bonds. The molecule has 0 spiro atoms. The van der Waals surface area contributed by atoms with Crippen LogP contribution in [-0.2, 0) is 13.1 Å². The standard InChI is InChI=1S/C17H28N2/c1-3-18-12-15-6-8-16(9-7-15)13-19-17-10-4-14(2)5-11-17/h6-9,14,17-19H,3-5,10-13H2,1-2H3. The predicted octanol–water partition coefficient (Wildman–Crippen LogP) is 3.46. The lowest BCUT2D eigenvalue weighted by molar-refractivity contribution is 0.306. The van der Waals surface area contributed by atoms with Gasteiger partial charge in [0.05, 0.1) is 0 Å². The molecule has 0 atom stereocenters. The number of rotatable bonds is 6. The maximum absolute atomic E-state index is 3.71.